The summed E-state index contributed by atoms with van der Waals surface area (Å²) in [7, 11) is 1.52. The molecule has 0 amide bonds. The van der Waals surface area contributed by atoms with Crippen LogP contribution in [0.3, 0.4) is 0 Å². The van der Waals surface area contributed by atoms with Gasteiger partial charge in [0.1, 0.15) is 5.65 Å². The third-order valence-electron chi connectivity index (χ3n) is 3.47. The fraction of sp³-hybridized carbons (Fsp3) is 0.188. The Bertz CT molecular complexity index is 865. The van der Waals surface area contributed by atoms with Crippen molar-refractivity contribution in [1.29, 1.82) is 0 Å². The fourth-order valence-corrected chi connectivity index (χ4v) is 2.35. The van der Waals surface area contributed by atoms with Crippen LogP contribution in [-0.4, -0.2) is 47.1 Å². The molecular formula is C16H15N3O5. The number of nitrogens with zero attached hydrogens (tertiary/aromatic N) is 1. The number of rotatable bonds is 6. The summed E-state index contributed by atoms with van der Waals surface area (Å²) in [6, 6.07) is 3.61. The second-order valence-corrected chi connectivity index (χ2v) is 5.01. The Morgan fingerprint density at radius 1 is 1.54 bits per heavy atom. The number of carbonyl (C=O) groups excluding carboxylic acids is 1. The van der Waals surface area contributed by atoms with Crippen LogP contribution in [-0.2, 0) is 19.1 Å². The minimum absolute atomic E-state index is 0.0583. The lowest BCUT2D eigenvalue weighted by molar-refractivity contribution is -0.134. The smallest absolute Gasteiger partial charge is 0.345 e. The third-order valence-corrected chi connectivity index (χ3v) is 3.47. The molecule has 124 valence electrons. The predicted octanol–water partition coefficient (Wildman–Crippen LogP) is 1.04. The van der Waals surface area contributed by atoms with E-state index in [1.54, 1.807) is 18.5 Å². The number of aliphatic carboxylic acids is 1. The molecule has 3 heterocycles. The Morgan fingerprint density at radius 2 is 2.38 bits per heavy atom. The first-order valence-electron chi connectivity index (χ1n) is 7.18. The predicted molar refractivity (Wildman–Crippen MR) is 84.7 cm³/mol. The van der Waals surface area contributed by atoms with Crippen LogP contribution in [0.25, 0.3) is 17.1 Å². The van der Waals surface area contributed by atoms with Crippen LogP contribution in [0.4, 0.5) is 0 Å². The van der Waals surface area contributed by atoms with Crippen molar-refractivity contribution in [1.82, 2.24) is 15.3 Å². The first kappa shape index (κ1) is 15.8. The molecule has 3 rings (SSSR count). The van der Waals surface area contributed by atoms with Crippen LogP contribution in [0.5, 0.6) is 0 Å². The van der Waals surface area contributed by atoms with E-state index in [0.717, 1.165) is 5.39 Å². The van der Waals surface area contributed by atoms with Gasteiger partial charge in [-0.2, -0.15) is 0 Å². The fourth-order valence-electron chi connectivity index (χ4n) is 2.35. The van der Waals surface area contributed by atoms with E-state index in [0.29, 0.717) is 24.4 Å². The number of ether oxygens (including phenoxy) is 2. The van der Waals surface area contributed by atoms with E-state index in [1.807, 2.05) is 6.07 Å². The van der Waals surface area contributed by atoms with Gasteiger partial charge in [-0.3, -0.25) is 4.79 Å². The number of nitrogens with one attached hydrogen (secondary N) is 2. The zero-order valence-electron chi connectivity index (χ0n) is 12.8. The maximum atomic E-state index is 12.3. The van der Waals surface area contributed by atoms with Crippen molar-refractivity contribution in [3.05, 3.63) is 47.3 Å². The highest BCUT2D eigenvalue weighted by molar-refractivity contribution is 6.26. The number of H-pyrrole nitrogens is 1. The van der Waals surface area contributed by atoms with Gasteiger partial charge in [-0.1, -0.05) is 0 Å². The minimum atomic E-state index is -1.34. The van der Waals surface area contributed by atoms with Crippen LogP contribution >= 0.6 is 0 Å². The van der Waals surface area contributed by atoms with Gasteiger partial charge in [0.15, 0.2) is 11.3 Å². The molecule has 24 heavy (non-hydrogen) atoms. The van der Waals surface area contributed by atoms with E-state index in [9.17, 15) is 14.7 Å². The molecule has 0 atom stereocenters. The molecule has 0 aliphatic carbocycles. The van der Waals surface area contributed by atoms with E-state index in [4.69, 9.17) is 9.47 Å². The van der Waals surface area contributed by atoms with Crippen LogP contribution in [0, 0.1) is 0 Å². The van der Waals surface area contributed by atoms with Crippen molar-refractivity contribution < 1.29 is 24.2 Å². The Kier molecular flexibility index (Phi) is 4.30. The molecular weight excluding hydrogens is 314 g/mol. The number of ketones is 1. The molecule has 3 N–H and O–H groups in total. The van der Waals surface area contributed by atoms with Gasteiger partial charge in [-0.05, 0) is 18.2 Å². The first-order valence-corrected chi connectivity index (χ1v) is 7.18. The number of carbonyl (C=O) groups is 2. The van der Waals surface area contributed by atoms with Crippen molar-refractivity contribution in [2.75, 3.05) is 20.3 Å². The van der Waals surface area contributed by atoms with Gasteiger partial charge in [-0.15, -0.1) is 0 Å². The summed E-state index contributed by atoms with van der Waals surface area (Å²) < 4.78 is 10.3. The maximum Gasteiger partial charge on any atom is 0.345 e. The highest BCUT2D eigenvalue weighted by Crippen LogP contribution is 2.27. The monoisotopic (exact) mass is 329 g/mol. The Labute approximate surface area is 136 Å². The molecule has 1 aliphatic heterocycles. The molecule has 0 radical (unpaired) electrons. The maximum absolute atomic E-state index is 12.3. The van der Waals surface area contributed by atoms with Crippen LogP contribution in [0.1, 0.15) is 5.56 Å². The average molecular weight is 329 g/mol. The molecule has 2 aromatic rings. The van der Waals surface area contributed by atoms with E-state index in [-0.39, 0.29) is 11.6 Å². The standard InChI is InChI=1S/C16H15N3O5/c1-23-6-5-18-15-12(16(21)22)13(20)11(24-15)7-9-8-19-14-10(9)3-2-4-17-14/h2-4,7-8,18H,5-6H2,1H3,(H,17,19)(H,21,22). The number of allylic oxidation sites excluding steroid dienone is 1. The first-order chi connectivity index (χ1) is 11.6. The van der Waals surface area contributed by atoms with Crippen LogP contribution in [0.2, 0.25) is 0 Å². The second kappa shape index (κ2) is 6.55. The molecule has 0 saturated heterocycles. The number of fused-ring (bicyclic) bond motifs is 1. The van der Waals surface area contributed by atoms with Gasteiger partial charge in [0.05, 0.1) is 6.61 Å². The average Bonchev–Trinajstić information content (AvgIpc) is 3.10. The summed E-state index contributed by atoms with van der Waals surface area (Å²) in [6.45, 7) is 0.668. The summed E-state index contributed by atoms with van der Waals surface area (Å²) in [5.74, 6) is -2.16. The summed E-state index contributed by atoms with van der Waals surface area (Å²) in [4.78, 5) is 30.8. The van der Waals surface area contributed by atoms with Crippen LogP contribution in [0.15, 0.2) is 41.7 Å². The van der Waals surface area contributed by atoms with Crippen molar-refractivity contribution >= 4 is 28.9 Å². The van der Waals surface area contributed by atoms with E-state index in [1.165, 1.54) is 13.2 Å². The lowest BCUT2D eigenvalue weighted by atomic mass is 10.1. The molecule has 0 unspecified atom stereocenters. The van der Waals surface area contributed by atoms with E-state index in [2.05, 4.69) is 15.3 Å². The number of aromatic amines is 1. The summed E-state index contributed by atoms with van der Waals surface area (Å²) in [5, 5.41) is 12.8. The van der Waals surface area contributed by atoms with Gasteiger partial charge in [0, 0.05) is 37.0 Å². The highest BCUT2D eigenvalue weighted by atomic mass is 16.5. The van der Waals surface area contributed by atoms with E-state index < -0.39 is 17.3 Å². The van der Waals surface area contributed by atoms with Crippen molar-refractivity contribution in [2.45, 2.75) is 0 Å². The summed E-state index contributed by atoms with van der Waals surface area (Å²) in [6.07, 6.45) is 4.82. The zero-order chi connectivity index (χ0) is 17.1. The molecule has 0 aromatic carbocycles. The zero-order valence-corrected chi connectivity index (χ0v) is 12.8. The molecule has 8 nitrogen and oxygen atoms in total. The number of aromatic nitrogens is 2. The number of carboxylic acids is 1. The normalized spacial score (nSPS) is 16.0. The largest absolute Gasteiger partial charge is 0.477 e. The molecule has 1 aliphatic rings. The number of carboxylic acid groups (broad SMARTS) is 1. The van der Waals surface area contributed by atoms with Crippen molar-refractivity contribution in [3.8, 4) is 0 Å². The SMILES string of the molecule is COCCNC1=C(C(=O)O)C(=O)C(=Cc2c[nH]c3ncccc23)O1. The van der Waals surface area contributed by atoms with Crippen LogP contribution < -0.4 is 5.32 Å². The van der Waals surface area contributed by atoms with Gasteiger partial charge in [0.2, 0.25) is 11.7 Å². The quantitative estimate of drug-likeness (QED) is 0.412. The minimum Gasteiger partial charge on any atom is -0.477 e. The van der Waals surface area contributed by atoms with Crippen molar-refractivity contribution in [2.24, 2.45) is 0 Å². The van der Waals surface area contributed by atoms with E-state index >= 15 is 0 Å². The molecule has 0 saturated carbocycles. The second-order valence-electron chi connectivity index (χ2n) is 5.01. The number of hydrogen-bond acceptors (Lipinski definition) is 6. The lowest BCUT2D eigenvalue weighted by Crippen LogP contribution is -2.21. The Morgan fingerprint density at radius 3 is 3.12 bits per heavy atom. The van der Waals surface area contributed by atoms with Gasteiger partial charge in [0.25, 0.3) is 0 Å². The lowest BCUT2D eigenvalue weighted by Gasteiger charge is -2.06. The summed E-state index contributed by atoms with van der Waals surface area (Å²) in [5.41, 5.74) is 0.930. The number of Topliss-reactive ketones (excluding diaryl/α,β-unsaturated/α-hetero) is 1. The number of hydrogen-bond donors (Lipinski definition) is 3. The van der Waals surface area contributed by atoms with Crippen molar-refractivity contribution in [3.63, 3.8) is 0 Å². The van der Waals surface area contributed by atoms with Gasteiger partial charge >= 0.3 is 5.97 Å². The Balaban J connectivity index is 1.91. The highest BCUT2D eigenvalue weighted by Gasteiger charge is 2.35. The third kappa shape index (κ3) is 2.86. The molecule has 0 spiro atoms. The molecule has 8 heteroatoms. The Hall–Kier alpha value is -3.13. The number of methoxy groups -OCH3 is 1. The number of pyridine rings is 1. The topological polar surface area (TPSA) is 114 Å². The molecule has 0 bridgehead atoms. The molecule has 0 fully saturated rings. The van der Waals surface area contributed by atoms with Gasteiger partial charge in [-0.25, -0.2) is 9.78 Å². The molecule has 2 aromatic heterocycles. The summed E-state index contributed by atoms with van der Waals surface area (Å²) >= 11 is 0. The van der Waals surface area contributed by atoms with Gasteiger partial charge < -0.3 is 24.9 Å².